The number of allylic oxidation sites excluding steroid dienone is 1. The van der Waals surface area contributed by atoms with Gasteiger partial charge in [-0.05, 0) is 57.7 Å². The molecular weight excluding hydrogens is 454 g/mol. The Bertz CT molecular complexity index is 1100. The molecule has 0 bridgehead atoms. The summed E-state index contributed by atoms with van der Waals surface area (Å²) in [6.07, 6.45) is 1.60. The minimum atomic E-state index is -3.01. The van der Waals surface area contributed by atoms with Crippen molar-refractivity contribution in [3.8, 4) is 0 Å². The average molecular weight is 490 g/mol. The van der Waals surface area contributed by atoms with E-state index in [0.29, 0.717) is 30.9 Å². The van der Waals surface area contributed by atoms with E-state index in [4.69, 9.17) is 4.74 Å². The fraction of sp³-hybridized carbons (Fsp3) is 0.600. The molecule has 0 radical (unpaired) electrons. The maximum atomic E-state index is 12.9. The highest BCUT2D eigenvalue weighted by molar-refractivity contribution is 7.91. The van der Waals surface area contributed by atoms with Crippen molar-refractivity contribution < 1.29 is 22.7 Å². The first-order valence-electron chi connectivity index (χ1n) is 12.0. The van der Waals surface area contributed by atoms with E-state index in [9.17, 15) is 18.0 Å². The third-order valence-electron chi connectivity index (χ3n) is 6.99. The molecule has 0 N–H and O–H groups in total. The van der Waals surface area contributed by atoms with Crippen molar-refractivity contribution in [1.82, 2.24) is 4.90 Å². The number of fused-ring (bicyclic) bond motifs is 1. The van der Waals surface area contributed by atoms with Gasteiger partial charge in [-0.25, -0.2) is 13.2 Å². The number of benzene rings is 1. The quantitative estimate of drug-likeness (QED) is 0.644. The van der Waals surface area contributed by atoms with Crippen LogP contribution in [-0.2, 0) is 19.4 Å². The molecule has 0 spiro atoms. The molecule has 1 aromatic carbocycles. The fourth-order valence-corrected chi connectivity index (χ4v) is 7.23. The van der Waals surface area contributed by atoms with Crippen LogP contribution in [-0.4, -0.2) is 68.1 Å². The summed E-state index contributed by atoms with van der Waals surface area (Å²) in [5, 5.41) is 0. The number of nitrogens with zero attached hydrogens (tertiary/aromatic N) is 3. The standard InChI is InChI=1S/C25H35N3O5S/c1-16(2)33-25(30)27-13-18(4)28(19(5)29)23-9-8-20(12-24(23)27)21-11-17(3)26(14-21)22-7-6-10-34(31,32)15-22/h8-9,12,16,18,21-22H,3,6-7,10-11,13-15H2,1-2,4-5H3/t18-,21?,22?/m0/s1. The van der Waals surface area contributed by atoms with Crippen LogP contribution in [0.3, 0.4) is 0 Å². The van der Waals surface area contributed by atoms with Crippen molar-refractivity contribution >= 4 is 33.2 Å². The molecule has 4 rings (SSSR count). The van der Waals surface area contributed by atoms with Crippen LogP contribution < -0.4 is 9.80 Å². The number of likely N-dealkylation sites (tertiary alicyclic amines) is 1. The number of rotatable bonds is 3. The van der Waals surface area contributed by atoms with E-state index in [2.05, 4.69) is 11.5 Å². The average Bonchev–Trinajstić information content (AvgIpc) is 3.13. The molecule has 1 aromatic rings. The highest BCUT2D eigenvalue weighted by Crippen LogP contribution is 2.42. The summed E-state index contributed by atoms with van der Waals surface area (Å²) < 4.78 is 29.9. The largest absolute Gasteiger partial charge is 0.446 e. The Morgan fingerprint density at radius 2 is 1.91 bits per heavy atom. The second kappa shape index (κ2) is 9.24. The topological polar surface area (TPSA) is 87.2 Å². The molecular formula is C25H35N3O5S. The number of carbonyl (C=O) groups is 2. The first kappa shape index (κ1) is 24.6. The van der Waals surface area contributed by atoms with Gasteiger partial charge in [-0.3, -0.25) is 9.69 Å². The molecule has 34 heavy (non-hydrogen) atoms. The number of carbonyl (C=O) groups excluding carboxylic acids is 2. The summed E-state index contributed by atoms with van der Waals surface area (Å²) in [7, 11) is -3.01. The van der Waals surface area contributed by atoms with E-state index < -0.39 is 15.9 Å². The number of anilines is 2. The molecule has 2 saturated heterocycles. The summed E-state index contributed by atoms with van der Waals surface area (Å²) in [5.74, 6) is 0.516. The molecule has 186 valence electrons. The van der Waals surface area contributed by atoms with E-state index in [1.165, 1.54) is 6.92 Å². The lowest BCUT2D eigenvalue weighted by molar-refractivity contribution is -0.117. The zero-order chi connectivity index (χ0) is 24.8. The van der Waals surface area contributed by atoms with Crippen LogP contribution in [0.4, 0.5) is 16.2 Å². The van der Waals surface area contributed by atoms with Gasteiger partial charge in [0.15, 0.2) is 9.84 Å². The molecule has 3 heterocycles. The van der Waals surface area contributed by atoms with E-state index in [-0.39, 0.29) is 41.5 Å². The fourth-order valence-electron chi connectivity index (χ4n) is 5.52. The van der Waals surface area contributed by atoms with Gasteiger partial charge in [-0.15, -0.1) is 0 Å². The summed E-state index contributed by atoms with van der Waals surface area (Å²) in [6, 6.07) is 5.70. The first-order chi connectivity index (χ1) is 16.0. The predicted molar refractivity (Wildman–Crippen MR) is 133 cm³/mol. The normalized spacial score (nSPS) is 26.6. The zero-order valence-electron chi connectivity index (χ0n) is 20.5. The highest BCUT2D eigenvalue weighted by atomic mass is 32.2. The van der Waals surface area contributed by atoms with E-state index >= 15 is 0 Å². The van der Waals surface area contributed by atoms with E-state index in [1.54, 1.807) is 9.80 Å². The van der Waals surface area contributed by atoms with Gasteiger partial charge in [-0.2, -0.15) is 0 Å². The van der Waals surface area contributed by atoms with Gasteiger partial charge in [0, 0.05) is 37.7 Å². The molecule has 8 nitrogen and oxygen atoms in total. The summed E-state index contributed by atoms with van der Waals surface area (Å²) in [4.78, 5) is 30.8. The number of ether oxygens (including phenoxy) is 1. The lowest BCUT2D eigenvalue weighted by Gasteiger charge is -2.40. The van der Waals surface area contributed by atoms with Gasteiger partial charge >= 0.3 is 6.09 Å². The van der Waals surface area contributed by atoms with Crippen LogP contribution in [0.2, 0.25) is 0 Å². The monoisotopic (exact) mass is 489 g/mol. The number of amides is 2. The van der Waals surface area contributed by atoms with Crippen molar-refractivity contribution in [2.45, 2.75) is 71.1 Å². The van der Waals surface area contributed by atoms with Crippen molar-refractivity contribution in [1.29, 1.82) is 0 Å². The third kappa shape index (κ3) is 4.80. The van der Waals surface area contributed by atoms with Crippen LogP contribution in [0.1, 0.15) is 58.4 Å². The van der Waals surface area contributed by atoms with Crippen LogP contribution in [0.25, 0.3) is 0 Å². The Morgan fingerprint density at radius 1 is 1.18 bits per heavy atom. The molecule has 9 heteroatoms. The van der Waals surface area contributed by atoms with Gasteiger partial charge in [0.1, 0.15) is 0 Å². The van der Waals surface area contributed by atoms with Gasteiger partial charge in [0.2, 0.25) is 5.91 Å². The maximum Gasteiger partial charge on any atom is 0.414 e. The molecule has 0 aliphatic carbocycles. The van der Waals surface area contributed by atoms with E-state index in [0.717, 1.165) is 24.1 Å². The number of sulfone groups is 1. The number of hydrogen-bond donors (Lipinski definition) is 0. The number of hydrogen-bond acceptors (Lipinski definition) is 6. The van der Waals surface area contributed by atoms with Crippen molar-refractivity contribution in [3.63, 3.8) is 0 Å². The maximum absolute atomic E-state index is 12.9. The Hall–Kier alpha value is -2.55. The minimum Gasteiger partial charge on any atom is -0.446 e. The Balaban J connectivity index is 1.64. The van der Waals surface area contributed by atoms with Crippen molar-refractivity contribution in [3.05, 3.63) is 36.0 Å². The van der Waals surface area contributed by atoms with Crippen LogP contribution in [0, 0.1) is 0 Å². The summed E-state index contributed by atoms with van der Waals surface area (Å²) in [6.45, 7) is 12.4. The van der Waals surface area contributed by atoms with Gasteiger partial charge in [0.25, 0.3) is 0 Å². The molecule has 3 atom stereocenters. The molecule has 3 aliphatic rings. The SMILES string of the molecule is C=C1CC(c2ccc3c(c2)N(C(=O)OC(C)C)C[C@H](C)N3C(C)=O)CN1C1CCCS(=O)(=O)C1. The second-order valence-electron chi connectivity index (χ2n) is 10.1. The molecule has 2 fully saturated rings. The molecule has 2 unspecified atom stereocenters. The lowest BCUT2D eigenvalue weighted by Crippen LogP contribution is -2.51. The van der Waals surface area contributed by atoms with Crippen LogP contribution in [0.15, 0.2) is 30.5 Å². The second-order valence-corrected chi connectivity index (χ2v) is 12.3. The van der Waals surface area contributed by atoms with Crippen molar-refractivity contribution in [2.24, 2.45) is 0 Å². The van der Waals surface area contributed by atoms with Crippen molar-refractivity contribution in [2.75, 3.05) is 34.4 Å². The highest BCUT2D eigenvalue weighted by Gasteiger charge is 2.38. The smallest absolute Gasteiger partial charge is 0.414 e. The Kier molecular flexibility index (Phi) is 6.68. The van der Waals surface area contributed by atoms with Crippen LogP contribution >= 0.6 is 0 Å². The molecule has 0 aromatic heterocycles. The Labute approximate surface area is 202 Å². The van der Waals surface area contributed by atoms with Gasteiger partial charge in [0.05, 0.1) is 35.0 Å². The molecule has 0 saturated carbocycles. The van der Waals surface area contributed by atoms with E-state index in [1.807, 2.05) is 39.0 Å². The minimum absolute atomic E-state index is 0.0274. The zero-order valence-corrected chi connectivity index (χ0v) is 21.3. The molecule has 3 aliphatic heterocycles. The van der Waals surface area contributed by atoms with Gasteiger partial charge in [-0.1, -0.05) is 12.6 Å². The Morgan fingerprint density at radius 3 is 2.56 bits per heavy atom. The lowest BCUT2D eigenvalue weighted by atomic mass is 9.95. The third-order valence-corrected chi connectivity index (χ3v) is 8.79. The predicted octanol–water partition coefficient (Wildman–Crippen LogP) is 3.67. The summed E-state index contributed by atoms with van der Waals surface area (Å²) in [5.41, 5.74) is 3.37. The summed E-state index contributed by atoms with van der Waals surface area (Å²) >= 11 is 0. The first-order valence-corrected chi connectivity index (χ1v) is 13.9. The molecule has 2 amide bonds. The van der Waals surface area contributed by atoms with Crippen LogP contribution in [0.5, 0.6) is 0 Å². The van der Waals surface area contributed by atoms with Gasteiger partial charge < -0.3 is 14.5 Å².